The summed E-state index contributed by atoms with van der Waals surface area (Å²) in [5.41, 5.74) is 0.416. The lowest BCUT2D eigenvalue weighted by Crippen LogP contribution is -2.39. The second-order valence-electron chi connectivity index (χ2n) is 5.80. The van der Waals surface area contributed by atoms with Crippen LogP contribution in [0.5, 0.6) is 0 Å². The van der Waals surface area contributed by atoms with E-state index < -0.39 is 8.56 Å². The van der Waals surface area contributed by atoms with Gasteiger partial charge in [-0.05, 0) is 31.4 Å². The van der Waals surface area contributed by atoms with Crippen molar-refractivity contribution in [2.45, 2.75) is 45.2 Å². The summed E-state index contributed by atoms with van der Waals surface area (Å²) < 4.78 is 22.1. The molecular formula is C14H30O4Si. The highest BCUT2D eigenvalue weighted by atomic mass is 28.4. The smallest absolute Gasteiger partial charge is 0.337 e. The van der Waals surface area contributed by atoms with Gasteiger partial charge in [-0.25, -0.2) is 0 Å². The van der Waals surface area contributed by atoms with E-state index in [0.717, 1.165) is 51.4 Å². The minimum Gasteiger partial charge on any atom is -0.398 e. The van der Waals surface area contributed by atoms with Gasteiger partial charge in [0.15, 0.2) is 0 Å². The highest BCUT2D eigenvalue weighted by molar-refractivity contribution is 6.67. The lowest BCUT2D eigenvalue weighted by Gasteiger charge is -2.38. The molecule has 0 amide bonds. The molecule has 0 spiro atoms. The lowest BCUT2D eigenvalue weighted by atomic mass is 9.84. The molecular weight excluding hydrogens is 260 g/mol. The van der Waals surface area contributed by atoms with E-state index in [1.807, 2.05) is 0 Å². The lowest BCUT2D eigenvalue weighted by molar-refractivity contribution is -0.108. The van der Waals surface area contributed by atoms with Gasteiger partial charge >= 0.3 is 8.56 Å². The van der Waals surface area contributed by atoms with Gasteiger partial charge in [0.25, 0.3) is 0 Å². The van der Waals surface area contributed by atoms with Crippen LogP contribution < -0.4 is 0 Å². The highest BCUT2D eigenvalue weighted by Gasteiger charge is 2.33. The molecule has 1 saturated heterocycles. The van der Waals surface area contributed by atoms with Crippen molar-refractivity contribution in [2.75, 3.05) is 40.6 Å². The number of ether oxygens (including phenoxy) is 2. The Hall–Kier alpha value is 0.0569. The Kier molecular flexibility index (Phi) is 7.53. The number of hydrogen-bond acceptors (Lipinski definition) is 4. The average Bonchev–Trinajstić information content (AvgIpc) is 2.41. The van der Waals surface area contributed by atoms with Crippen LogP contribution in [0.25, 0.3) is 0 Å². The molecule has 5 heteroatoms. The largest absolute Gasteiger partial charge is 0.398 e. The van der Waals surface area contributed by atoms with Crippen molar-refractivity contribution >= 4 is 8.56 Å². The molecule has 0 aromatic heterocycles. The third-order valence-corrected chi connectivity index (χ3v) is 7.78. The maximum Gasteiger partial charge on any atom is 0.337 e. The fraction of sp³-hybridized carbons (Fsp3) is 1.00. The standard InChI is InChI=1S/C14H30O4Si/c1-5-19(15-3,16-4)11-7-10-17-9-6-8-14(2)12-18-13-14/h5-13H2,1-4H3. The Labute approximate surface area is 119 Å². The van der Waals surface area contributed by atoms with Gasteiger partial charge in [0.05, 0.1) is 13.2 Å². The molecule has 0 radical (unpaired) electrons. The molecule has 0 aliphatic carbocycles. The summed E-state index contributed by atoms with van der Waals surface area (Å²) >= 11 is 0. The van der Waals surface area contributed by atoms with E-state index in [1.54, 1.807) is 14.2 Å². The van der Waals surface area contributed by atoms with Crippen LogP contribution in [0.15, 0.2) is 0 Å². The molecule has 1 heterocycles. The van der Waals surface area contributed by atoms with Gasteiger partial charge < -0.3 is 18.3 Å². The molecule has 0 saturated carbocycles. The van der Waals surface area contributed by atoms with E-state index in [2.05, 4.69) is 13.8 Å². The first-order valence-corrected chi connectivity index (χ1v) is 9.59. The van der Waals surface area contributed by atoms with Gasteiger partial charge in [-0.15, -0.1) is 0 Å². The molecule has 0 atom stereocenters. The Morgan fingerprint density at radius 2 is 1.74 bits per heavy atom. The van der Waals surface area contributed by atoms with Crippen molar-refractivity contribution in [3.05, 3.63) is 0 Å². The van der Waals surface area contributed by atoms with Crippen molar-refractivity contribution < 1.29 is 18.3 Å². The summed E-state index contributed by atoms with van der Waals surface area (Å²) in [5.74, 6) is 0. The molecule has 1 rings (SSSR count). The van der Waals surface area contributed by atoms with Gasteiger partial charge in [-0.3, -0.25) is 0 Å². The highest BCUT2D eigenvalue weighted by Crippen LogP contribution is 2.31. The first kappa shape index (κ1) is 17.1. The van der Waals surface area contributed by atoms with Crippen molar-refractivity contribution in [3.63, 3.8) is 0 Å². The zero-order valence-corrected chi connectivity index (χ0v) is 14.0. The predicted molar refractivity (Wildman–Crippen MR) is 78.7 cm³/mol. The Balaban J connectivity index is 1.98. The first-order chi connectivity index (χ1) is 9.10. The summed E-state index contributed by atoms with van der Waals surface area (Å²) in [5, 5.41) is 0. The van der Waals surface area contributed by atoms with Crippen LogP contribution in [0, 0.1) is 5.41 Å². The van der Waals surface area contributed by atoms with E-state index in [0.29, 0.717) is 5.41 Å². The first-order valence-electron chi connectivity index (χ1n) is 7.35. The summed E-state index contributed by atoms with van der Waals surface area (Å²) in [7, 11) is 1.62. The molecule has 1 aliphatic heterocycles. The third kappa shape index (κ3) is 5.51. The Bertz CT molecular complexity index is 231. The van der Waals surface area contributed by atoms with Crippen LogP contribution in [0.2, 0.25) is 12.1 Å². The Morgan fingerprint density at radius 1 is 1.11 bits per heavy atom. The normalized spacial score (nSPS) is 18.3. The number of hydrogen-bond donors (Lipinski definition) is 0. The molecule has 4 nitrogen and oxygen atoms in total. The van der Waals surface area contributed by atoms with Crippen molar-refractivity contribution in [1.82, 2.24) is 0 Å². The van der Waals surface area contributed by atoms with Crippen LogP contribution in [0.1, 0.15) is 33.1 Å². The quantitative estimate of drug-likeness (QED) is 0.433. The minimum absolute atomic E-state index is 0.416. The minimum atomic E-state index is -1.91. The summed E-state index contributed by atoms with van der Waals surface area (Å²) in [6.45, 7) is 7.93. The second kappa shape index (κ2) is 8.37. The fourth-order valence-electron chi connectivity index (χ4n) is 2.49. The Morgan fingerprint density at radius 3 is 2.21 bits per heavy atom. The van der Waals surface area contributed by atoms with Crippen LogP contribution >= 0.6 is 0 Å². The monoisotopic (exact) mass is 290 g/mol. The SMILES string of the molecule is CC[Si](CCCOCCCC1(C)COC1)(OC)OC. The molecule has 0 aromatic carbocycles. The third-order valence-electron chi connectivity index (χ3n) is 4.10. The van der Waals surface area contributed by atoms with Crippen molar-refractivity contribution in [2.24, 2.45) is 5.41 Å². The van der Waals surface area contributed by atoms with E-state index in [9.17, 15) is 0 Å². The van der Waals surface area contributed by atoms with Gasteiger partial charge in [-0.1, -0.05) is 13.8 Å². The van der Waals surface area contributed by atoms with E-state index in [1.165, 1.54) is 6.42 Å². The van der Waals surface area contributed by atoms with Crippen molar-refractivity contribution in [1.29, 1.82) is 0 Å². The van der Waals surface area contributed by atoms with Crippen LogP contribution in [-0.2, 0) is 18.3 Å². The second-order valence-corrected chi connectivity index (χ2v) is 9.64. The molecule has 0 aromatic rings. The molecule has 1 aliphatic rings. The van der Waals surface area contributed by atoms with Crippen LogP contribution in [-0.4, -0.2) is 49.2 Å². The summed E-state index contributed by atoms with van der Waals surface area (Å²) in [4.78, 5) is 0. The topological polar surface area (TPSA) is 36.9 Å². The van der Waals surface area contributed by atoms with Gasteiger partial charge in [0, 0.05) is 32.8 Å². The number of rotatable bonds is 11. The molecule has 114 valence electrons. The van der Waals surface area contributed by atoms with E-state index in [-0.39, 0.29) is 0 Å². The van der Waals surface area contributed by atoms with Crippen molar-refractivity contribution in [3.8, 4) is 0 Å². The van der Waals surface area contributed by atoms with Gasteiger partial charge in [0.2, 0.25) is 0 Å². The van der Waals surface area contributed by atoms with E-state index in [4.69, 9.17) is 18.3 Å². The zero-order chi connectivity index (χ0) is 14.2. The van der Waals surface area contributed by atoms with Crippen LogP contribution in [0.3, 0.4) is 0 Å². The molecule has 0 bridgehead atoms. The fourth-order valence-corrected chi connectivity index (χ4v) is 4.68. The van der Waals surface area contributed by atoms with Gasteiger partial charge in [-0.2, -0.15) is 0 Å². The molecule has 0 N–H and O–H groups in total. The molecule has 1 fully saturated rings. The van der Waals surface area contributed by atoms with Crippen LogP contribution in [0.4, 0.5) is 0 Å². The maximum atomic E-state index is 5.70. The zero-order valence-electron chi connectivity index (χ0n) is 13.0. The summed E-state index contributed by atoms with van der Waals surface area (Å²) in [6.07, 6.45) is 3.36. The van der Waals surface area contributed by atoms with E-state index >= 15 is 0 Å². The maximum absolute atomic E-state index is 5.70. The average molecular weight is 290 g/mol. The predicted octanol–water partition coefficient (Wildman–Crippen LogP) is 2.96. The van der Waals surface area contributed by atoms with Gasteiger partial charge in [0.1, 0.15) is 0 Å². The molecule has 0 unspecified atom stereocenters. The summed E-state index contributed by atoms with van der Waals surface area (Å²) in [6, 6.07) is 2.01. The molecule has 19 heavy (non-hydrogen) atoms.